The number of halogens is 1. The molecular weight excluding hydrogens is 434 g/mol. The number of methoxy groups -OCH3 is 1. The molecule has 8 heteroatoms. The zero-order valence-electron chi connectivity index (χ0n) is 17.2. The molecule has 0 bridgehead atoms. The number of urea groups is 1. The van der Waals surface area contributed by atoms with Crippen LogP contribution in [0, 0.1) is 0 Å². The van der Waals surface area contributed by atoms with Crippen molar-refractivity contribution in [2.24, 2.45) is 0 Å². The molecule has 1 fully saturated rings. The van der Waals surface area contributed by atoms with Crippen molar-refractivity contribution >= 4 is 34.9 Å². The van der Waals surface area contributed by atoms with Gasteiger partial charge in [0.15, 0.2) is 0 Å². The second kappa shape index (κ2) is 8.69. The SMILES string of the molecule is COc1ccc(CCC2(C)NC(=O)N(Cc3csc(-c4ccc(Cl)cc4)n3)C2=O)cc1. The number of imide groups is 1. The fourth-order valence-corrected chi connectivity index (χ4v) is 4.46. The number of aryl methyl sites for hydroxylation is 1. The zero-order valence-corrected chi connectivity index (χ0v) is 18.8. The van der Waals surface area contributed by atoms with Gasteiger partial charge in [-0.25, -0.2) is 9.78 Å². The number of ether oxygens (including phenoxy) is 1. The lowest BCUT2D eigenvalue weighted by atomic mass is 9.93. The van der Waals surface area contributed by atoms with Gasteiger partial charge in [-0.3, -0.25) is 9.69 Å². The molecule has 1 aliphatic heterocycles. The predicted molar refractivity (Wildman–Crippen MR) is 121 cm³/mol. The number of benzene rings is 2. The molecule has 31 heavy (non-hydrogen) atoms. The standard InChI is InChI=1S/C23H22ClN3O3S/c1-23(12-11-15-3-9-19(30-2)10-4-15)21(28)27(22(29)26-23)13-18-14-31-20(25-18)16-5-7-17(24)8-6-16/h3-10,14H,11-13H2,1-2H3,(H,26,29). The lowest BCUT2D eigenvalue weighted by Gasteiger charge is -2.21. The molecule has 1 N–H and O–H groups in total. The van der Waals surface area contributed by atoms with Crippen LogP contribution >= 0.6 is 22.9 Å². The largest absolute Gasteiger partial charge is 0.497 e. The van der Waals surface area contributed by atoms with Gasteiger partial charge >= 0.3 is 6.03 Å². The van der Waals surface area contributed by atoms with Gasteiger partial charge in [0, 0.05) is 16.0 Å². The van der Waals surface area contributed by atoms with Crippen LogP contribution in [0.2, 0.25) is 5.02 Å². The summed E-state index contributed by atoms with van der Waals surface area (Å²) < 4.78 is 5.18. The second-order valence-corrected chi connectivity index (χ2v) is 8.95. The lowest BCUT2D eigenvalue weighted by Crippen LogP contribution is -2.44. The number of carbonyl (C=O) groups is 2. The van der Waals surface area contributed by atoms with Crippen molar-refractivity contribution < 1.29 is 14.3 Å². The summed E-state index contributed by atoms with van der Waals surface area (Å²) in [5.41, 5.74) is 1.76. The van der Waals surface area contributed by atoms with E-state index in [0.29, 0.717) is 23.6 Å². The molecule has 1 aromatic heterocycles. The van der Waals surface area contributed by atoms with E-state index in [1.54, 1.807) is 14.0 Å². The Bertz CT molecular complexity index is 1100. The zero-order chi connectivity index (χ0) is 22.0. The summed E-state index contributed by atoms with van der Waals surface area (Å²) in [5, 5.41) is 6.22. The third-order valence-electron chi connectivity index (χ3n) is 5.38. The predicted octanol–water partition coefficient (Wildman–Crippen LogP) is 4.92. The van der Waals surface area contributed by atoms with Crippen molar-refractivity contribution in [3.05, 3.63) is 70.2 Å². The van der Waals surface area contributed by atoms with E-state index in [-0.39, 0.29) is 18.5 Å². The minimum Gasteiger partial charge on any atom is -0.497 e. The number of thiazole rings is 1. The molecule has 0 saturated carbocycles. The number of amides is 3. The Morgan fingerprint density at radius 3 is 2.52 bits per heavy atom. The molecule has 2 aromatic carbocycles. The summed E-state index contributed by atoms with van der Waals surface area (Å²) in [4.78, 5) is 31.4. The summed E-state index contributed by atoms with van der Waals surface area (Å²) in [6.45, 7) is 1.92. The van der Waals surface area contributed by atoms with E-state index in [1.807, 2.05) is 53.9 Å². The van der Waals surface area contributed by atoms with E-state index in [1.165, 1.54) is 16.2 Å². The summed E-state index contributed by atoms with van der Waals surface area (Å²) in [5.74, 6) is 0.555. The van der Waals surface area contributed by atoms with Gasteiger partial charge in [-0.2, -0.15) is 0 Å². The third-order valence-corrected chi connectivity index (χ3v) is 6.57. The Labute approximate surface area is 189 Å². The Hall–Kier alpha value is -2.90. The maximum atomic E-state index is 13.1. The van der Waals surface area contributed by atoms with Gasteiger partial charge in [0.25, 0.3) is 5.91 Å². The molecule has 1 aliphatic rings. The first-order valence-electron chi connectivity index (χ1n) is 9.85. The van der Waals surface area contributed by atoms with E-state index >= 15 is 0 Å². The van der Waals surface area contributed by atoms with Crippen LogP contribution in [0.25, 0.3) is 10.6 Å². The molecule has 3 amide bonds. The minimum atomic E-state index is -0.938. The smallest absolute Gasteiger partial charge is 0.325 e. The molecule has 160 valence electrons. The number of nitrogens with zero attached hydrogens (tertiary/aromatic N) is 2. The molecular formula is C23H22ClN3O3S. The molecule has 4 rings (SSSR count). The minimum absolute atomic E-state index is 0.146. The van der Waals surface area contributed by atoms with Crippen molar-refractivity contribution in [2.75, 3.05) is 7.11 Å². The van der Waals surface area contributed by atoms with Crippen molar-refractivity contribution in [1.82, 2.24) is 15.2 Å². The summed E-state index contributed by atoms with van der Waals surface area (Å²) in [6, 6.07) is 14.7. The Morgan fingerprint density at radius 2 is 1.84 bits per heavy atom. The van der Waals surface area contributed by atoms with Crippen LogP contribution in [0.15, 0.2) is 53.9 Å². The van der Waals surface area contributed by atoms with E-state index in [4.69, 9.17) is 16.3 Å². The van der Waals surface area contributed by atoms with Crippen molar-refractivity contribution in [3.8, 4) is 16.3 Å². The molecule has 2 heterocycles. The van der Waals surface area contributed by atoms with Crippen LogP contribution in [0.4, 0.5) is 4.79 Å². The maximum Gasteiger partial charge on any atom is 0.325 e. The van der Waals surface area contributed by atoms with Gasteiger partial charge in [0.1, 0.15) is 16.3 Å². The number of rotatable bonds is 7. The molecule has 0 spiro atoms. The summed E-state index contributed by atoms with van der Waals surface area (Å²) in [6.07, 6.45) is 1.17. The molecule has 1 unspecified atom stereocenters. The van der Waals surface area contributed by atoms with E-state index in [2.05, 4.69) is 10.3 Å². The van der Waals surface area contributed by atoms with Crippen LogP contribution in [0.5, 0.6) is 5.75 Å². The molecule has 3 aromatic rings. The Morgan fingerprint density at radius 1 is 1.13 bits per heavy atom. The molecule has 0 aliphatic carbocycles. The highest BCUT2D eigenvalue weighted by Gasteiger charge is 2.47. The van der Waals surface area contributed by atoms with Crippen LogP contribution in [-0.2, 0) is 17.8 Å². The monoisotopic (exact) mass is 455 g/mol. The quantitative estimate of drug-likeness (QED) is 0.513. The van der Waals surface area contributed by atoms with Crippen LogP contribution in [0.1, 0.15) is 24.6 Å². The number of hydrogen-bond acceptors (Lipinski definition) is 5. The second-order valence-electron chi connectivity index (χ2n) is 7.65. The van der Waals surface area contributed by atoms with Gasteiger partial charge in [0.2, 0.25) is 0 Å². The van der Waals surface area contributed by atoms with Crippen molar-refractivity contribution in [1.29, 1.82) is 0 Å². The maximum absolute atomic E-state index is 13.1. The normalized spacial score (nSPS) is 18.4. The van der Waals surface area contributed by atoms with Crippen LogP contribution in [-0.4, -0.2) is 34.5 Å². The topological polar surface area (TPSA) is 71.5 Å². The van der Waals surface area contributed by atoms with Crippen molar-refractivity contribution in [3.63, 3.8) is 0 Å². The molecule has 0 radical (unpaired) electrons. The van der Waals surface area contributed by atoms with Crippen molar-refractivity contribution in [2.45, 2.75) is 31.8 Å². The fourth-order valence-electron chi connectivity index (χ4n) is 3.51. The van der Waals surface area contributed by atoms with Crippen LogP contribution in [0.3, 0.4) is 0 Å². The highest BCUT2D eigenvalue weighted by Crippen LogP contribution is 2.28. The fraction of sp³-hybridized carbons (Fsp3) is 0.261. The Kier molecular flexibility index (Phi) is 5.98. The third kappa shape index (κ3) is 4.57. The summed E-state index contributed by atoms with van der Waals surface area (Å²) in [7, 11) is 1.62. The van der Waals surface area contributed by atoms with Gasteiger partial charge in [-0.15, -0.1) is 11.3 Å². The number of carbonyl (C=O) groups excluding carboxylic acids is 2. The van der Waals surface area contributed by atoms with Gasteiger partial charge in [0.05, 0.1) is 19.3 Å². The molecule has 6 nitrogen and oxygen atoms in total. The molecule has 1 saturated heterocycles. The number of aromatic nitrogens is 1. The van der Waals surface area contributed by atoms with E-state index in [0.717, 1.165) is 21.9 Å². The molecule has 1 atom stereocenters. The highest BCUT2D eigenvalue weighted by atomic mass is 35.5. The first kappa shape index (κ1) is 21.3. The van der Waals surface area contributed by atoms with Gasteiger partial charge < -0.3 is 10.1 Å². The van der Waals surface area contributed by atoms with Gasteiger partial charge in [-0.1, -0.05) is 35.9 Å². The van der Waals surface area contributed by atoms with Gasteiger partial charge in [-0.05, 0) is 49.6 Å². The Balaban J connectivity index is 1.42. The summed E-state index contributed by atoms with van der Waals surface area (Å²) >= 11 is 7.41. The first-order valence-corrected chi connectivity index (χ1v) is 11.1. The average molecular weight is 456 g/mol. The van der Waals surface area contributed by atoms with E-state index < -0.39 is 5.54 Å². The lowest BCUT2D eigenvalue weighted by molar-refractivity contribution is -0.131. The first-order chi connectivity index (χ1) is 14.9. The van der Waals surface area contributed by atoms with Crippen LogP contribution < -0.4 is 10.1 Å². The highest BCUT2D eigenvalue weighted by molar-refractivity contribution is 7.13. The average Bonchev–Trinajstić information content (AvgIpc) is 3.32. The number of nitrogens with one attached hydrogen (secondary N) is 1. The van der Waals surface area contributed by atoms with E-state index in [9.17, 15) is 9.59 Å². The number of hydrogen-bond donors (Lipinski definition) is 1.